The average Bonchev–Trinajstić information content (AvgIpc) is 2.32. The van der Waals surface area contributed by atoms with Crippen molar-refractivity contribution < 1.29 is 9.66 Å². The van der Waals surface area contributed by atoms with Gasteiger partial charge in [-0.3, -0.25) is 10.1 Å². The maximum absolute atomic E-state index is 10.8. The summed E-state index contributed by atoms with van der Waals surface area (Å²) in [5.41, 5.74) is -0.289. The zero-order valence-corrected chi connectivity index (χ0v) is 11.7. The molecule has 106 valence electrons. The number of hydrogen-bond acceptors (Lipinski definition) is 6. The summed E-state index contributed by atoms with van der Waals surface area (Å²) in [5, 5.41) is 13.6. The summed E-state index contributed by atoms with van der Waals surface area (Å²) in [4.78, 5) is 17.7. The zero-order valence-electron chi connectivity index (χ0n) is 10.9. The molecule has 0 amide bonds. The van der Waals surface area contributed by atoms with Gasteiger partial charge in [0, 0.05) is 13.2 Å². The van der Waals surface area contributed by atoms with Gasteiger partial charge >= 0.3 is 5.69 Å². The lowest BCUT2D eigenvalue weighted by atomic mass is 10.3. The largest absolute Gasteiger partial charge is 0.379 e. The van der Waals surface area contributed by atoms with Crippen molar-refractivity contribution in [2.24, 2.45) is 0 Å². The molecular weight excluding hydrogens is 272 g/mol. The molecule has 1 aromatic rings. The van der Waals surface area contributed by atoms with Gasteiger partial charge in [-0.25, -0.2) is 9.97 Å². The van der Waals surface area contributed by atoms with Crippen molar-refractivity contribution in [3.8, 4) is 0 Å². The molecule has 0 saturated heterocycles. The smallest absolute Gasteiger partial charge is 0.348 e. The molecule has 19 heavy (non-hydrogen) atoms. The Balaban J connectivity index is 2.41. The monoisotopic (exact) mass is 288 g/mol. The maximum Gasteiger partial charge on any atom is 0.348 e. The summed E-state index contributed by atoms with van der Waals surface area (Å²) < 4.78 is 5.39. The van der Waals surface area contributed by atoms with E-state index in [1.807, 2.05) is 13.8 Å². The van der Waals surface area contributed by atoms with Crippen molar-refractivity contribution in [2.45, 2.75) is 32.8 Å². The van der Waals surface area contributed by atoms with Crippen LogP contribution in [0.3, 0.4) is 0 Å². The van der Waals surface area contributed by atoms with Crippen molar-refractivity contribution in [1.29, 1.82) is 0 Å². The molecule has 0 unspecified atom stereocenters. The van der Waals surface area contributed by atoms with E-state index in [9.17, 15) is 10.1 Å². The predicted octanol–water partition coefficient (Wildman–Crippen LogP) is 2.66. The third-order valence-electron chi connectivity index (χ3n) is 2.27. The summed E-state index contributed by atoms with van der Waals surface area (Å²) in [7, 11) is 0. The zero-order chi connectivity index (χ0) is 14.3. The highest BCUT2D eigenvalue weighted by Gasteiger charge is 2.20. The van der Waals surface area contributed by atoms with Crippen LogP contribution in [0, 0.1) is 10.1 Å². The van der Waals surface area contributed by atoms with Crippen molar-refractivity contribution in [3.63, 3.8) is 0 Å². The van der Waals surface area contributed by atoms with E-state index < -0.39 is 4.92 Å². The molecule has 0 radical (unpaired) electrons. The topological polar surface area (TPSA) is 90.2 Å². The minimum absolute atomic E-state index is 0.148. The fraction of sp³-hybridized carbons (Fsp3) is 0.636. The number of nitro groups is 1. The van der Waals surface area contributed by atoms with Crippen LogP contribution in [0.5, 0.6) is 0 Å². The van der Waals surface area contributed by atoms with Gasteiger partial charge in [-0.1, -0.05) is 11.6 Å². The van der Waals surface area contributed by atoms with Crippen LogP contribution in [0.2, 0.25) is 5.15 Å². The van der Waals surface area contributed by atoms with E-state index >= 15 is 0 Å². The minimum atomic E-state index is -0.591. The molecule has 7 nitrogen and oxygen atoms in total. The van der Waals surface area contributed by atoms with E-state index in [0.29, 0.717) is 13.2 Å². The Morgan fingerprint density at radius 1 is 1.47 bits per heavy atom. The Hall–Kier alpha value is -1.47. The van der Waals surface area contributed by atoms with Gasteiger partial charge in [0.15, 0.2) is 0 Å². The Bertz CT molecular complexity index is 428. The Morgan fingerprint density at radius 3 is 2.84 bits per heavy atom. The van der Waals surface area contributed by atoms with E-state index in [-0.39, 0.29) is 22.8 Å². The standard InChI is InChI=1S/C11H17ClN4O3/c1-8(2)19-6-4-3-5-13-11-9(16(17)18)10(12)14-7-15-11/h7-8H,3-6H2,1-2H3,(H,13,14,15). The molecule has 1 N–H and O–H groups in total. The molecule has 0 fully saturated rings. The van der Waals surface area contributed by atoms with Gasteiger partial charge in [0.25, 0.3) is 0 Å². The quantitative estimate of drug-likeness (QED) is 0.342. The number of unbranched alkanes of at least 4 members (excludes halogenated alkanes) is 1. The van der Waals surface area contributed by atoms with E-state index in [4.69, 9.17) is 16.3 Å². The van der Waals surface area contributed by atoms with Crippen LogP contribution in [0.25, 0.3) is 0 Å². The first-order valence-corrected chi connectivity index (χ1v) is 6.40. The molecule has 0 aliphatic heterocycles. The molecule has 8 heteroatoms. The first kappa shape index (κ1) is 15.6. The highest BCUT2D eigenvalue weighted by Crippen LogP contribution is 2.28. The van der Waals surface area contributed by atoms with Gasteiger partial charge in [-0.2, -0.15) is 0 Å². The lowest BCUT2D eigenvalue weighted by Crippen LogP contribution is -2.09. The number of aromatic nitrogens is 2. The van der Waals surface area contributed by atoms with Crippen LogP contribution in [-0.2, 0) is 4.74 Å². The fourth-order valence-corrected chi connectivity index (χ4v) is 1.60. The molecular formula is C11H17ClN4O3. The summed E-state index contributed by atoms with van der Waals surface area (Å²) in [6.45, 7) is 5.19. The molecule has 0 aliphatic rings. The Labute approximate surface area is 116 Å². The summed E-state index contributed by atoms with van der Waals surface area (Å²) >= 11 is 5.67. The second-order valence-electron chi connectivity index (χ2n) is 4.17. The highest BCUT2D eigenvalue weighted by molar-refractivity contribution is 6.31. The minimum Gasteiger partial charge on any atom is -0.379 e. The van der Waals surface area contributed by atoms with Crippen molar-refractivity contribution >= 4 is 23.1 Å². The molecule has 0 aliphatic carbocycles. The summed E-state index contributed by atoms with van der Waals surface area (Å²) in [5.74, 6) is 0.148. The van der Waals surface area contributed by atoms with Gasteiger partial charge in [0.05, 0.1) is 11.0 Å². The number of nitrogens with one attached hydrogen (secondary N) is 1. The lowest BCUT2D eigenvalue weighted by molar-refractivity contribution is -0.384. The van der Waals surface area contributed by atoms with Crippen LogP contribution in [0.1, 0.15) is 26.7 Å². The van der Waals surface area contributed by atoms with Gasteiger partial charge < -0.3 is 10.1 Å². The molecule has 1 rings (SSSR count). The fourth-order valence-electron chi connectivity index (χ4n) is 1.40. The molecule has 0 atom stereocenters. The number of halogens is 1. The number of ether oxygens (including phenoxy) is 1. The highest BCUT2D eigenvalue weighted by atomic mass is 35.5. The van der Waals surface area contributed by atoms with Crippen LogP contribution in [0.4, 0.5) is 11.5 Å². The predicted molar refractivity (Wildman–Crippen MR) is 72.5 cm³/mol. The number of nitrogens with zero attached hydrogens (tertiary/aromatic N) is 3. The lowest BCUT2D eigenvalue weighted by Gasteiger charge is -2.08. The molecule has 1 aromatic heterocycles. The van der Waals surface area contributed by atoms with Crippen molar-refractivity contribution in [2.75, 3.05) is 18.5 Å². The van der Waals surface area contributed by atoms with Crippen LogP contribution < -0.4 is 5.32 Å². The first-order chi connectivity index (χ1) is 9.02. The first-order valence-electron chi connectivity index (χ1n) is 6.02. The third-order valence-corrected chi connectivity index (χ3v) is 2.55. The van der Waals surface area contributed by atoms with E-state index in [1.54, 1.807) is 0 Å². The second kappa shape index (κ2) is 7.85. The summed E-state index contributed by atoms with van der Waals surface area (Å²) in [6, 6.07) is 0. The molecule has 1 heterocycles. The number of anilines is 1. The molecule has 0 spiro atoms. The maximum atomic E-state index is 10.8. The van der Waals surface area contributed by atoms with E-state index in [2.05, 4.69) is 15.3 Å². The molecule has 0 aromatic carbocycles. The van der Waals surface area contributed by atoms with Gasteiger partial charge in [-0.05, 0) is 26.7 Å². The van der Waals surface area contributed by atoms with Crippen molar-refractivity contribution in [1.82, 2.24) is 9.97 Å². The third kappa shape index (κ3) is 5.35. The van der Waals surface area contributed by atoms with Crippen LogP contribution in [0.15, 0.2) is 6.33 Å². The SMILES string of the molecule is CC(C)OCCCCNc1ncnc(Cl)c1[N+](=O)[O-]. The Morgan fingerprint density at radius 2 is 2.21 bits per heavy atom. The Kier molecular flexibility index (Phi) is 6.44. The van der Waals surface area contributed by atoms with Crippen molar-refractivity contribution in [3.05, 3.63) is 21.6 Å². The molecule has 0 bridgehead atoms. The van der Waals surface area contributed by atoms with Crippen LogP contribution >= 0.6 is 11.6 Å². The average molecular weight is 289 g/mol. The van der Waals surface area contributed by atoms with Crippen LogP contribution in [-0.4, -0.2) is 34.1 Å². The van der Waals surface area contributed by atoms with Gasteiger partial charge in [0.1, 0.15) is 6.33 Å². The normalized spacial score (nSPS) is 10.7. The van der Waals surface area contributed by atoms with Gasteiger partial charge in [-0.15, -0.1) is 0 Å². The second-order valence-corrected chi connectivity index (χ2v) is 4.53. The number of hydrogen-bond donors (Lipinski definition) is 1. The van der Waals surface area contributed by atoms with E-state index in [0.717, 1.165) is 12.8 Å². The van der Waals surface area contributed by atoms with E-state index in [1.165, 1.54) is 6.33 Å². The van der Waals surface area contributed by atoms with Gasteiger partial charge in [0.2, 0.25) is 11.0 Å². The molecule has 0 saturated carbocycles. The summed E-state index contributed by atoms with van der Waals surface area (Å²) in [6.07, 6.45) is 3.11. The number of rotatable bonds is 8.